The first-order valence-electron chi connectivity index (χ1n) is 4.81. The molecule has 0 aliphatic carbocycles. The van der Waals surface area contributed by atoms with E-state index >= 15 is 0 Å². The molecule has 0 spiro atoms. The zero-order chi connectivity index (χ0) is 11.4. The lowest BCUT2D eigenvalue weighted by Crippen LogP contribution is -1.93. The van der Waals surface area contributed by atoms with Crippen LogP contribution in [0.5, 0.6) is 0 Å². The molecule has 0 fully saturated rings. The number of thioether (sulfide) groups is 1. The number of halogens is 1. The van der Waals surface area contributed by atoms with Crippen LogP contribution >= 0.6 is 27.7 Å². The molecule has 1 N–H and O–H groups in total. The van der Waals surface area contributed by atoms with Crippen molar-refractivity contribution >= 4 is 39.2 Å². The molecule has 0 radical (unpaired) electrons. The second kappa shape index (κ2) is 5.37. The third-order valence-corrected chi connectivity index (χ3v) is 3.22. The molecule has 0 atom stereocenters. The molecule has 4 heteroatoms. The van der Waals surface area contributed by atoms with Crippen molar-refractivity contribution in [1.29, 1.82) is 0 Å². The van der Waals surface area contributed by atoms with Crippen molar-refractivity contribution in [2.75, 3.05) is 11.6 Å². The fourth-order valence-electron chi connectivity index (χ4n) is 1.33. The molecule has 2 aromatic rings. The number of pyridine rings is 1. The van der Waals surface area contributed by atoms with Crippen LogP contribution in [0.4, 0.5) is 11.5 Å². The second-order valence-corrected chi connectivity index (χ2v) is 4.89. The van der Waals surface area contributed by atoms with E-state index in [4.69, 9.17) is 0 Å². The highest BCUT2D eigenvalue weighted by Crippen LogP contribution is 2.22. The van der Waals surface area contributed by atoms with Gasteiger partial charge in [-0.25, -0.2) is 4.98 Å². The number of anilines is 2. The molecule has 1 aromatic heterocycles. The Labute approximate surface area is 108 Å². The Morgan fingerprint density at radius 3 is 2.75 bits per heavy atom. The van der Waals surface area contributed by atoms with Crippen LogP contribution < -0.4 is 5.32 Å². The molecule has 2 nitrogen and oxygen atoms in total. The molecule has 2 rings (SSSR count). The maximum atomic E-state index is 4.32. The number of nitrogens with zero attached hydrogens (tertiary/aromatic N) is 1. The second-order valence-electron chi connectivity index (χ2n) is 3.20. The van der Waals surface area contributed by atoms with Gasteiger partial charge in [-0.2, -0.15) is 0 Å². The van der Waals surface area contributed by atoms with Gasteiger partial charge in [-0.15, -0.1) is 11.8 Å². The summed E-state index contributed by atoms with van der Waals surface area (Å²) in [6.07, 6.45) is 2.07. The van der Waals surface area contributed by atoms with E-state index < -0.39 is 0 Å². The quantitative estimate of drug-likeness (QED) is 0.674. The fraction of sp³-hybridized carbons (Fsp3) is 0.0833. The molecule has 0 aliphatic rings. The Morgan fingerprint density at radius 2 is 2.00 bits per heavy atom. The summed E-state index contributed by atoms with van der Waals surface area (Å²) < 4.78 is 0.832. The van der Waals surface area contributed by atoms with E-state index in [1.807, 2.05) is 30.3 Å². The maximum absolute atomic E-state index is 4.32. The average Bonchev–Trinajstić information content (AvgIpc) is 2.29. The molecule has 82 valence electrons. The topological polar surface area (TPSA) is 24.9 Å². The van der Waals surface area contributed by atoms with Gasteiger partial charge in [-0.3, -0.25) is 0 Å². The normalized spacial score (nSPS) is 10.1. The first-order valence-corrected chi connectivity index (χ1v) is 6.83. The monoisotopic (exact) mass is 294 g/mol. The van der Waals surface area contributed by atoms with E-state index in [1.54, 1.807) is 11.8 Å². The summed E-state index contributed by atoms with van der Waals surface area (Å²) in [5.74, 6) is 0.840. The van der Waals surface area contributed by atoms with Gasteiger partial charge in [0, 0.05) is 10.6 Å². The zero-order valence-electron chi connectivity index (χ0n) is 8.77. The lowest BCUT2D eigenvalue weighted by Gasteiger charge is -2.06. The minimum Gasteiger partial charge on any atom is -0.340 e. The Bertz CT molecular complexity index is 488. The number of aromatic nitrogens is 1. The van der Waals surface area contributed by atoms with Gasteiger partial charge < -0.3 is 5.32 Å². The summed E-state index contributed by atoms with van der Waals surface area (Å²) >= 11 is 5.08. The third-order valence-electron chi connectivity index (χ3n) is 2.06. The van der Waals surface area contributed by atoms with Crippen LogP contribution in [-0.2, 0) is 0 Å². The van der Waals surface area contributed by atoms with Crippen molar-refractivity contribution in [3.63, 3.8) is 0 Å². The van der Waals surface area contributed by atoms with E-state index in [0.29, 0.717) is 0 Å². The predicted molar refractivity (Wildman–Crippen MR) is 73.4 cm³/mol. The molecule has 0 bridgehead atoms. The first kappa shape index (κ1) is 11.5. The number of hydrogen-bond acceptors (Lipinski definition) is 3. The lowest BCUT2D eigenvalue weighted by molar-refractivity contribution is 1.26. The van der Waals surface area contributed by atoms with Crippen LogP contribution in [-0.4, -0.2) is 11.2 Å². The SMILES string of the molecule is CSc1cccc(Nc2cccc(Br)n2)c1. The van der Waals surface area contributed by atoms with Crippen LogP contribution in [0.3, 0.4) is 0 Å². The van der Waals surface area contributed by atoms with Gasteiger partial charge in [0.2, 0.25) is 0 Å². The molecule has 16 heavy (non-hydrogen) atoms. The van der Waals surface area contributed by atoms with Crippen LogP contribution in [0.15, 0.2) is 52.0 Å². The molecule has 0 saturated heterocycles. The zero-order valence-corrected chi connectivity index (χ0v) is 11.2. The van der Waals surface area contributed by atoms with Gasteiger partial charge in [-0.1, -0.05) is 12.1 Å². The highest BCUT2D eigenvalue weighted by Gasteiger charge is 1.97. The van der Waals surface area contributed by atoms with Crippen molar-refractivity contribution < 1.29 is 0 Å². The van der Waals surface area contributed by atoms with E-state index in [0.717, 1.165) is 16.1 Å². The Morgan fingerprint density at radius 1 is 1.19 bits per heavy atom. The highest BCUT2D eigenvalue weighted by atomic mass is 79.9. The van der Waals surface area contributed by atoms with E-state index in [-0.39, 0.29) is 0 Å². The van der Waals surface area contributed by atoms with Gasteiger partial charge in [0.25, 0.3) is 0 Å². The van der Waals surface area contributed by atoms with Gasteiger partial charge in [-0.05, 0) is 52.5 Å². The summed E-state index contributed by atoms with van der Waals surface area (Å²) in [6.45, 7) is 0. The van der Waals surface area contributed by atoms with Crippen molar-refractivity contribution in [1.82, 2.24) is 4.98 Å². The van der Waals surface area contributed by atoms with Crippen LogP contribution in [0.2, 0.25) is 0 Å². The molecule has 0 saturated carbocycles. The molecule has 1 heterocycles. The molecule has 0 amide bonds. The minimum atomic E-state index is 0.832. The van der Waals surface area contributed by atoms with Crippen molar-refractivity contribution in [2.45, 2.75) is 4.90 Å². The van der Waals surface area contributed by atoms with E-state index in [2.05, 4.69) is 44.6 Å². The first-order chi connectivity index (χ1) is 7.78. The fourth-order valence-corrected chi connectivity index (χ4v) is 2.13. The summed E-state index contributed by atoms with van der Waals surface area (Å²) in [4.78, 5) is 5.56. The summed E-state index contributed by atoms with van der Waals surface area (Å²) in [5, 5.41) is 3.26. The molecule has 0 aliphatic heterocycles. The van der Waals surface area contributed by atoms with Crippen molar-refractivity contribution in [3.05, 3.63) is 47.1 Å². The van der Waals surface area contributed by atoms with Crippen molar-refractivity contribution in [2.24, 2.45) is 0 Å². The summed E-state index contributed by atoms with van der Waals surface area (Å²) in [5.41, 5.74) is 1.05. The minimum absolute atomic E-state index is 0.832. The largest absolute Gasteiger partial charge is 0.340 e. The van der Waals surface area contributed by atoms with Crippen LogP contribution in [0.1, 0.15) is 0 Å². The number of hydrogen-bond donors (Lipinski definition) is 1. The van der Waals surface area contributed by atoms with Crippen molar-refractivity contribution in [3.8, 4) is 0 Å². The Kier molecular flexibility index (Phi) is 3.85. The van der Waals surface area contributed by atoms with Gasteiger partial charge in [0.1, 0.15) is 10.4 Å². The van der Waals surface area contributed by atoms with Crippen LogP contribution in [0.25, 0.3) is 0 Å². The molecule has 1 aromatic carbocycles. The van der Waals surface area contributed by atoms with E-state index in [1.165, 1.54) is 4.90 Å². The van der Waals surface area contributed by atoms with Gasteiger partial charge in [0.05, 0.1) is 0 Å². The predicted octanol–water partition coefficient (Wildman–Crippen LogP) is 4.31. The molecular weight excluding hydrogens is 284 g/mol. The van der Waals surface area contributed by atoms with Gasteiger partial charge >= 0.3 is 0 Å². The van der Waals surface area contributed by atoms with E-state index in [9.17, 15) is 0 Å². The third kappa shape index (κ3) is 3.00. The Balaban J connectivity index is 2.20. The van der Waals surface area contributed by atoms with Crippen LogP contribution in [0, 0.1) is 0 Å². The average molecular weight is 295 g/mol. The lowest BCUT2D eigenvalue weighted by atomic mass is 10.3. The van der Waals surface area contributed by atoms with Gasteiger partial charge in [0.15, 0.2) is 0 Å². The molecular formula is C12H11BrN2S. The number of benzene rings is 1. The maximum Gasteiger partial charge on any atom is 0.131 e. The molecule has 0 unspecified atom stereocenters. The summed E-state index contributed by atoms with van der Waals surface area (Å²) in [6, 6.07) is 14.1. The number of rotatable bonds is 3. The standard InChI is InChI=1S/C12H11BrN2S/c1-16-10-5-2-4-9(8-10)14-12-7-3-6-11(13)15-12/h2-8H,1H3,(H,14,15). The smallest absolute Gasteiger partial charge is 0.131 e. The summed E-state index contributed by atoms with van der Waals surface area (Å²) in [7, 11) is 0. The highest BCUT2D eigenvalue weighted by molar-refractivity contribution is 9.10. The Hall–Kier alpha value is -1.000. The number of nitrogens with one attached hydrogen (secondary N) is 1.